The molecular weight excluding hydrogens is 186 g/mol. The van der Waals surface area contributed by atoms with Crippen LogP contribution < -0.4 is 0 Å². The molecule has 0 aliphatic carbocycles. The van der Waals surface area contributed by atoms with Gasteiger partial charge in [0, 0.05) is 0 Å². The topological polar surface area (TPSA) is 49.6 Å². The van der Waals surface area contributed by atoms with E-state index in [0.29, 0.717) is 16.5 Å². The Labute approximate surface area is 82.4 Å². The van der Waals surface area contributed by atoms with Crippen LogP contribution in [-0.4, -0.2) is 9.97 Å². The van der Waals surface area contributed by atoms with Crippen LogP contribution in [0.4, 0.5) is 0 Å². The molecule has 0 N–H and O–H groups in total. The fourth-order valence-corrected chi connectivity index (χ4v) is 1.39. The molecule has 13 heavy (non-hydrogen) atoms. The molecule has 0 fully saturated rings. The summed E-state index contributed by atoms with van der Waals surface area (Å²) in [5.41, 5.74) is 1.45. The second-order valence-electron chi connectivity index (χ2n) is 2.67. The molecule has 4 heteroatoms. The van der Waals surface area contributed by atoms with Gasteiger partial charge in [0.05, 0.1) is 28.9 Å². The highest BCUT2D eigenvalue weighted by molar-refractivity contribution is 6.31. The predicted octanol–water partition coefficient (Wildman–Crippen LogP) is 2.07. The first-order valence-electron chi connectivity index (χ1n) is 4.07. The van der Waals surface area contributed by atoms with Gasteiger partial charge in [0.2, 0.25) is 0 Å². The summed E-state index contributed by atoms with van der Waals surface area (Å²) in [6.07, 6.45) is 1.01. The third-order valence-corrected chi connectivity index (χ3v) is 2.12. The van der Waals surface area contributed by atoms with Crippen LogP contribution in [0.15, 0.2) is 0 Å². The van der Waals surface area contributed by atoms with E-state index in [1.807, 2.05) is 13.0 Å². The lowest BCUT2D eigenvalue weighted by Gasteiger charge is -2.04. The minimum absolute atomic E-state index is 0.245. The molecule has 1 aromatic rings. The van der Waals surface area contributed by atoms with Crippen molar-refractivity contribution in [3.8, 4) is 6.07 Å². The van der Waals surface area contributed by atoms with Gasteiger partial charge in [-0.1, -0.05) is 18.5 Å². The van der Waals surface area contributed by atoms with E-state index in [0.717, 1.165) is 12.1 Å². The van der Waals surface area contributed by atoms with Gasteiger partial charge in [0.25, 0.3) is 0 Å². The first kappa shape index (κ1) is 9.94. The molecule has 0 saturated carbocycles. The van der Waals surface area contributed by atoms with Crippen molar-refractivity contribution in [1.82, 2.24) is 9.97 Å². The van der Waals surface area contributed by atoms with Gasteiger partial charge in [-0.2, -0.15) is 5.26 Å². The number of nitrogens with zero attached hydrogens (tertiary/aromatic N) is 3. The van der Waals surface area contributed by atoms with E-state index in [-0.39, 0.29) is 6.42 Å². The molecular formula is C9H10ClN3. The van der Waals surface area contributed by atoms with Crippen molar-refractivity contribution < 1.29 is 0 Å². The number of hydrogen-bond donors (Lipinski definition) is 0. The minimum Gasteiger partial charge on any atom is -0.237 e. The molecule has 1 aromatic heterocycles. The number of aryl methyl sites for hydroxylation is 2. The molecule has 0 radical (unpaired) electrons. The van der Waals surface area contributed by atoms with Gasteiger partial charge in [-0.15, -0.1) is 0 Å². The first-order valence-corrected chi connectivity index (χ1v) is 4.45. The Morgan fingerprint density at radius 2 is 2.00 bits per heavy atom. The smallest absolute Gasteiger partial charge is 0.125 e. The predicted molar refractivity (Wildman–Crippen MR) is 50.5 cm³/mol. The highest BCUT2D eigenvalue weighted by Gasteiger charge is 2.08. The van der Waals surface area contributed by atoms with Crippen LogP contribution in [0.1, 0.15) is 24.1 Å². The summed E-state index contributed by atoms with van der Waals surface area (Å²) in [4.78, 5) is 8.29. The van der Waals surface area contributed by atoms with E-state index < -0.39 is 0 Å². The van der Waals surface area contributed by atoms with Crippen molar-refractivity contribution in [1.29, 1.82) is 5.26 Å². The molecule has 3 nitrogen and oxygen atoms in total. The van der Waals surface area contributed by atoms with Gasteiger partial charge in [-0.3, -0.25) is 0 Å². The number of hydrogen-bond acceptors (Lipinski definition) is 3. The van der Waals surface area contributed by atoms with Crippen LogP contribution in [0, 0.1) is 18.3 Å². The zero-order chi connectivity index (χ0) is 9.84. The number of nitriles is 1. The van der Waals surface area contributed by atoms with Gasteiger partial charge in [0.1, 0.15) is 5.82 Å². The summed E-state index contributed by atoms with van der Waals surface area (Å²) in [6, 6.07) is 2.03. The van der Waals surface area contributed by atoms with Crippen LogP contribution in [0.3, 0.4) is 0 Å². The van der Waals surface area contributed by atoms with Gasteiger partial charge < -0.3 is 0 Å². The number of aromatic nitrogens is 2. The molecule has 0 unspecified atom stereocenters. The lowest BCUT2D eigenvalue weighted by molar-refractivity contribution is 0.913. The van der Waals surface area contributed by atoms with Gasteiger partial charge in [0.15, 0.2) is 0 Å². The van der Waals surface area contributed by atoms with E-state index in [4.69, 9.17) is 16.9 Å². The van der Waals surface area contributed by atoms with Crippen LogP contribution >= 0.6 is 11.6 Å². The van der Waals surface area contributed by atoms with E-state index >= 15 is 0 Å². The summed E-state index contributed by atoms with van der Waals surface area (Å²) in [6.45, 7) is 3.78. The average Bonchev–Trinajstić information content (AvgIpc) is 2.11. The molecule has 68 valence electrons. The molecule has 0 amide bonds. The summed E-state index contributed by atoms with van der Waals surface area (Å²) in [5, 5.41) is 9.07. The first-order chi connectivity index (χ1) is 6.19. The summed E-state index contributed by atoms with van der Waals surface area (Å²) in [7, 11) is 0. The summed E-state index contributed by atoms with van der Waals surface area (Å²) >= 11 is 5.98. The Hall–Kier alpha value is -1.14. The Kier molecular flexibility index (Phi) is 3.21. The molecule has 0 aliphatic heterocycles. The van der Waals surface area contributed by atoms with Crippen molar-refractivity contribution in [2.45, 2.75) is 26.7 Å². The van der Waals surface area contributed by atoms with Crippen LogP contribution in [0.5, 0.6) is 0 Å². The zero-order valence-electron chi connectivity index (χ0n) is 7.63. The monoisotopic (exact) mass is 195 g/mol. The molecule has 1 rings (SSSR count). The minimum atomic E-state index is 0.245. The highest BCUT2D eigenvalue weighted by atomic mass is 35.5. The van der Waals surface area contributed by atoms with E-state index in [1.54, 1.807) is 6.92 Å². The van der Waals surface area contributed by atoms with Crippen LogP contribution in [0.25, 0.3) is 0 Å². The molecule has 1 heterocycles. The quantitative estimate of drug-likeness (QED) is 0.726. The fourth-order valence-electron chi connectivity index (χ4n) is 1.11. The number of rotatable bonds is 2. The van der Waals surface area contributed by atoms with Crippen molar-refractivity contribution in [3.63, 3.8) is 0 Å². The highest BCUT2D eigenvalue weighted by Crippen LogP contribution is 2.18. The Balaban J connectivity index is 3.20. The Bertz CT molecular complexity index is 355. The standard InChI is InChI=1S/C9H10ClN3/c1-3-7-9(10)8(4-5-11)13-6(2)12-7/h3-4H2,1-2H3. The Morgan fingerprint density at radius 1 is 1.38 bits per heavy atom. The lowest BCUT2D eigenvalue weighted by atomic mass is 10.2. The normalized spacial score (nSPS) is 9.69. The van der Waals surface area contributed by atoms with E-state index in [2.05, 4.69) is 9.97 Å². The third kappa shape index (κ3) is 2.16. The van der Waals surface area contributed by atoms with Crippen molar-refractivity contribution in [3.05, 3.63) is 22.2 Å². The zero-order valence-corrected chi connectivity index (χ0v) is 8.39. The van der Waals surface area contributed by atoms with Crippen molar-refractivity contribution >= 4 is 11.6 Å². The van der Waals surface area contributed by atoms with Crippen molar-refractivity contribution in [2.75, 3.05) is 0 Å². The SMILES string of the molecule is CCc1nc(C)nc(CC#N)c1Cl. The Morgan fingerprint density at radius 3 is 2.54 bits per heavy atom. The molecule has 0 bridgehead atoms. The maximum atomic E-state index is 8.53. The second kappa shape index (κ2) is 4.20. The van der Waals surface area contributed by atoms with Gasteiger partial charge in [-0.05, 0) is 13.3 Å². The molecule has 0 saturated heterocycles. The molecule has 0 atom stereocenters. The number of halogens is 1. The molecule has 0 aromatic carbocycles. The lowest BCUT2D eigenvalue weighted by Crippen LogP contribution is -2.01. The largest absolute Gasteiger partial charge is 0.237 e. The van der Waals surface area contributed by atoms with E-state index in [1.165, 1.54) is 0 Å². The van der Waals surface area contributed by atoms with Crippen LogP contribution in [-0.2, 0) is 12.8 Å². The fraction of sp³-hybridized carbons (Fsp3) is 0.444. The summed E-state index contributed by atoms with van der Waals surface area (Å²) in [5.74, 6) is 0.673. The van der Waals surface area contributed by atoms with Gasteiger partial charge in [-0.25, -0.2) is 9.97 Å². The van der Waals surface area contributed by atoms with Crippen LogP contribution in [0.2, 0.25) is 5.02 Å². The second-order valence-corrected chi connectivity index (χ2v) is 3.04. The van der Waals surface area contributed by atoms with Crippen molar-refractivity contribution in [2.24, 2.45) is 0 Å². The molecule has 0 spiro atoms. The maximum absolute atomic E-state index is 8.53. The maximum Gasteiger partial charge on any atom is 0.125 e. The summed E-state index contributed by atoms with van der Waals surface area (Å²) < 4.78 is 0. The average molecular weight is 196 g/mol. The van der Waals surface area contributed by atoms with E-state index in [9.17, 15) is 0 Å². The molecule has 0 aliphatic rings. The third-order valence-electron chi connectivity index (χ3n) is 1.68. The van der Waals surface area contributed by atoms with Gasteiger partial charge >= 0.3 is 0 Å².